The Morgan fingerprint density at radius 1 is 0.962 bits per heavy atom. The van der Waals surface area contributed by atoms with Crippen LogP contribution in [0.15, 0.2) is 59.5 Å². The van der Waals surface area contributed by atoms with Crippen molar-refractivity contribution in [2.75, 3.05) is 13.1 Å². The van der Waals surface area contributed by atoms with Crippen molar-refractivity contribution in [2.24, 2.45) is 0 Å². The minimum absolute atomic E-state index is 0.0439. The molecule has 0 aromatic heterocycles. The lowest BCUT2D eigenvalue weighted by molar-refractivity contribution is -0.274. The quantitative estimate of drug-likeness (QED) is 0.713. The average Bonchev–Trinajstić information content (AvgIpc) is 2.58. The molecule has 0 saturated carbocycles. The molecule has 0 bridgehead atoms. The Kier molecular flexibility index (Phi) is 6.22. The van der Waals surface area contributed by atoms with E-state index in [0.29, 0.717) is 5.56 Å². The van der Waals surface area contributed by atoms with E-state index in [2.05, 4.69) is 14.8 Å². The summed E-state index contributed by atoms with van der Waals surface area (Å²) in [6.07, 6.45) is -4.85. The van der Waals surface area contributed by atoms with Gasteiger partial charge in [-0.25, -0.2) is 13.1 Å². The number of ether oxygens (including phenoxy) is 1. The lowest BCUT2D eigenvalue weighted by atomic mass is 10.2. The minimum atomic E-state index is -4.85. The van der Waals surface area contributed by atoms with Gasteiger partial charge in [-0.15, -0.1) is 13.2 Å². The first kappa shape index (κ1) is 19.7. The van der Waals surface area contributed by atoms with Crippen LogP contribution < -0.4 is 14.8 Å². The van der Waals surface area contributed by atoms with Gasteiger partial charge < -0.3 is 10.1 Å². The van der Waals surface area contributed by atoms with Crippen LogP contribution >= 0.6 is 0 Å². The number of hydrogen-bond donors (Lipinski definition) is 2. The van der Waals surface area contributed by atoms with Gasteiger partial charge in [0, 0.05) is 18.7 Å². The third-order valence-electron chi connectivity index (χ3n) is 3.11. The van der Waals surface area contributed by atoms with E-state index < -0.39 is 22.1 Å². The van der Waals surface area contributed by atoms with Gasteiger partial charge in [-0.2, -0.15) is 0 Å². The van der Waals surface area contributed by atoms with E-state index in [4.69, 9.17) is 0 Å². The zero-order chi connectivity index (χ0) is 19.2. The summed E-state index contributed by atoms with van der Waals surface area (Å²) in [5, 5.41) is 2.55. The highest BCUT2D eigenvalue weighted by molar-refractivity contribution is 7.89. The largest absolute Gasteiger partial charge is 0.573 e. The van der Waals surface area contributed by atoms with Crippen molar-refractivity contribution in [3.8, 4) is 5.75 Å². The normalized spacial score (nSPS) is 11.8. The van der Waals surface area contributed by atoms with Crippen LogP contribution in [-0.2, 0) is 10.0 Å². The van der Waals surface area contributed by atoms with E-state index in [0.717, 1.165) is 24.3 Å². The van der Waals surface area contributed by atoms with E-state index >= 15 is 0 Å². The molecule has 1 amide bonds. The van der Waals surface area contributed by atoms with Gasteiger partial charge in [0.1, 0.15) is 5.75 Å². The monoisotopic (exact) mass is 388 g/mol. The number of alkyl halides is 3. The molecule has 0 aliphatic heterocycles. The zero-order valence-corrected chi connectivity index (χ0v) is 14.1. The summed E-state index contributed by atoms with van der Waals surface area (Å²) in [5.74, 6) is -0.870. The van der Waals surface area contributed by atoms with Crippen molar-refractivity contribution < 1.29 is 31.1 Å². The van der Waals surface area contributed by atoms with E-state index in [1.807, 2.05) is 0 Å². The van der Waals surface area contributed by atoms with E-state index in [-0.39, 0.29) is 23.9 Å². The maximum absolute atomic E-state index is 12.1. The summed E-state index contributed by atoms with van der Waals surface area (Å²) in [5.41, 5.74) is 0.440. The third kappa shape index (κ3) is 6.05. The van der Waals surface area contributed by atoms with Crippen LogP contribution in [0.4, 0.5) is 13.2 Å². The molecule has 0 aliphatic carbocycles. The van der Waals surface area contributed by atoms with Crippen molar-refractivity contribution in [3.63, 3.8) is 0 Å². The second kappa shape index (κ2) is 8.19. The number of benzene rings is 2. The molecule has 2 N–H and O–H groups in total. The molecule has 0 heterocycles. The molecular formula is C16H15F3N2O4S. The molecular weight excluding hydrogens is 373 g/mol. The number of rotatable bonds is 7. The van der Waals surface area contributed by atoms with Crippen molar-refractivity contribution in [1.82, 2.24) is 10.0 Å². The Labute approximate surface area is 148 Å². The smallest absolute Gasteiger partial charge is 0.406 e. The number of amides is 1. The fourth-order valence-corrected chi connectivity index (χ4v) is 2.99. The summed E-state index contributed by atoms with van der Waals surface area (Å²) in [4.78, 5) is 11.6. The van der Waals surface area contributed by atoms with E-state index in [1.165, 1.54) is 0 Å². The van der Waals surface area contributed by atoms with Crippen molar-refractivity contribution in [1.29, 1.82) is 0 Å². The summed E-state index contributed by atoms with van der Waals surface area (Å²) < 4.78 is 66.3. The number of sulfonamides is 1. The van der Waals surface area contributed by atoms with Gasteiger partial charge in [0.15, 0.2) is 0 Å². The summed E-state index contributed by atoms with van der Waals surface area (Å²) >= 11 is 0. The topological polar surface area (TPSA) is 84.5 Å². The Hall–Kier alpha value is -2.59. The third-order valence-corrected chi connectivity index (χ3v) is 4.58. The van der Waals surface area contributed by atoms with Crippen molar-refractivity contribution in [3.05, 3.63) is 60.2 Å². The molecule has 0 saturated heterocycles. The van der Waals surface area contributed by atoms with Gasteiger partial charge in [-0.1, -0.05) is 18.2 Å². The maximum Gasteiger partial charge on any atom is 0.573 e. The molecule has 2 aromatic rings. The number of carbonyl (C=O) groups excluding carboxylic acids is 1. The first-order valence-electron chi connectivity index (χ1n) is 7.36. The van der Waals surface area contributed by atoms with Crippen LogP contribution in [0.1, 0.15) is 10.4 Å². The predicted octanol–water partition coefficient (Wildman–Crippen LogP) is 2.29. The zero-order valence-electron chi connectivity index (χ0n) is 13.3. The van der Waals surface area contributed by atoms with E-state index in [9.17, 15) is 26.4 Å². The Morgan fingerprint density at radius 3 is 2.15 bits per heavy atom. The predicted molar refractivity (Wildman–Crippen MR) is 87.1 cm³/mol. The molecule has 10 heteroatoms. The highest BCUT2D eigenvalue weighted by Crippen LogP contribution is 2.23. The molecule has 2 aromatic carbocycles. The van der Waals surface area contributed by atoms with E-state index in [1.54, 1.807) is 30.3 Å². The van der Waals surface area contributed by atoms with Crippen LogP contribution in [0.3, 0.4) is 0 Å². The Bertz CT molecular complexity index is 838. The van der Waals surface area contributed by atoms with Crippen molar-refractivity contribution in [2.45, 2.75) is 11.3 Å². The van der Waals surface area contributed by atoms with Crippen molar-refractivity contribution >= 4 is 15.9 Å². The van der Waals surface area contributed by atoms with Crippen LogP contribution in [0.5, 0.6) is 5.75 Å². The molecule has 26 heavy (non-hydrogen) atoms. The molecule has 0 atom stereocenters. The van der Waals surface area contributed by atoms with Crippen LogP contribution in [-0.4, -0.2) is 33.8 Å². The summed E-state index contributed by atoms with van der Waals surface area (Å²) in [6.45, 7) is -0.0378. The molecule has 0 aliphatic rings. The fraction of sp³-hybridized carbons (Fsp3) is 0.188. The molecule has 0 unspecified atom stereocenters. The lowest BCUT2D eigenvalue weighted by Crippen LogP contribution is -2.34. The van der Waals surface area contributed by atoms with Gasteiger partial charge in [-0.05, 0) is 36.4 Å². The highest BCUT2D eigenvalue weighted by Gasteiger charge is 2.31. The molecule has 0 radical (unpaired) electrons. The molecule has 2 rings (SSSR count). The maximum atomic E-state index is 12.1. The number of halogens is 3. The molecule has 0 spiro atoms. The van der Waals surface area contributed by atoms with Gasteiger partial charge >= 0.3 is 6.36 Å². The molecule has 0 fully saturated rings. The number of carbonyl (C=O) groups is 1. The number of nitrogens with one attached hydrogen (secondary N) is 2. The standard InChI is InChI=1S/C16H15F3N2O4S/c17-16(18,19)25-13-6-8-14(9-7-13)26(23,24)21-11-10-20-15(22)12-4-2-1-3-5-12/h1-9,21H,10-11H2,(H,20,22). The lowest BCUT2D eigenvalue weighted by Gasteiger charge is -2.10. The van der Waals surface area contributed by atoms with Gasteiger partial charge in [-0.3, -0.25) is 4.79 Å². The SMILES string of the molecule is O=C(NCCNS(=O)(=O)c1ccc(OC(F)(F)F)cc1)c1ccccc1. The van der Waals surface area contributed by atoms with Gasteiger partial charge in [0.25, 0.3) is 5.91 Å². The first-order valence-corrected chi connectivity index (χ1v) is 8.84. The Morgan fingerprint density at radius 2 is 1.58 bits per heavy atom. The van der Waals surface area contributed by atoms with Crippen LogP contribution in [0, 0.1) is 0 Å². The van der Waals surface area contributed by atoms with Gasteiger partial charge in [0.2, 0.25) is 10.0 Å². The van der Waals surface area contributed by atoms with Crippen LogP contribution in [0.25, 0.3) is 0 Å². The Balaban J connectivity index is 1.85. The highest BCUT2D eigenvalue weighted by atomic mass is 32.2. The molecule has 6 nitrogen and oxygen atoms in total. The minimum Gasteiger partial charge on any atom is -0.406 e. The first-order chi connectivity index (χ1) is 12.2. The summed E-state index contributed by atoms with van der Waals surface area (Å²) in [7, 11) is -3.92. The second-order valence-corrected chi connectivity index (χ2v) is 6.81. The average molecular weight is 388 g/mol. The van der Waals surface area contributed by atoms with Gasteiger partial charge in [0.05, 0.1) is 4.90 Å². The van der Waals surface area contributed by atoms with Crippen LogP contribution in [0.2, 0.25) is 0 Å². The summed E-state index contributed by atoms with van der Waals surface area (Å²) in [6, 6.07) is 12.2. The second-order valence-electron chi connectivity index (χ2n) is 5.04. The molecule has 140 valence electrons. The number of hydrogen-bond acceptors (Lipinski definition) is 4. The fourth-order valence-electron chi connectivity index (χ4n) is 1.96.